The number of aliphatic imine (C=N–C) groups is 1. The number of H-pyrrole nitrogens is 1. The van der Waals surface area contributed by atoms with Gasteiger partial charge in [0.2, 0.25) is 0 Å². The van der Waals surface area contributed by atoms with Crippen LogP contribution < -0.4 is 14.2 Å². The van der Waals surface area contributed by atoms with Crippen LogP contribution in [0.4, 0.5) is 0 Å². The van der Waals surface area contributed by atoms with E-state index in [4.69, 9.17) is 14.2 Å². The van der Waals surface area contributed by atoms with Gasteiger partial charge in [0.15, 0.2) is 17.2 Å². The average molecular weight is 346 g/mol. The third-order valence-electron chi connectivity index (χ3n) is 3.80. The van der Waals surface area contributed by atoms with Crippen molar-refractivity contribution in [3.8, 4) is 17.2 Å². The van der Waals surface area contributed by atoms with E-state index in [0.29, 0.717) is 19.8 Å². The molecule has 25 heavy (non-hydrogen) atoms. The van der Waals surface area contributed by atoms with Gasteiger partial charge in [-0.25, -0.2) is 0 Å². The third-order valence-corrected chi connectivity index (χ3v) is 3.80. The molecule has 1 heterocycles. The fraction of sp³-hybridized carbons (Fsp3) is 0.550. The molecule has 1 aromatic carbocycles. The van der Waals surface area contributed by atoms with Crippen molar-refractivity contribution in [3.63, 3.8) is 0 Å². The number of aryl methyl sites for hydroxylation is 1. The molecule has 0 fully saturated rings. The topological polar surface area (TPSA) is 55.8 Å². The Bertz CT molecular complexity index is 715. The standard InChI is InChI=1S/C20H30N2O3/c1-6-23-17-12-11-15-18(20(17)25-8-3)19(24-7-2)16(22-15)10-9-13-21-14(4)5/h11-12,22H,6-10,13H2,1-5H3. The molecule has 1 aromatic heterocycles. The number of fused-ring (bicyclic) bond motifs is 1. The molecule has 0 aliphatic carbocycles. The van der Waals surface area contributed by atoms with Crippen LogP contribution in [0.5, 0.6) is 17.2 Å². The molecule has 0 saturated heterocycles. The molecule has 2 aromatic rings. The molecular formula is C20H30N2O3. The lowest BCUT2D eigenvalue weighted by atomic mass is 10.1. The monoisotopic (exact) mass is 346 g/mol. The first-order valence-corrected chi connectivity index (χ1v) is 9.15. The number of rotatable bonds is 10. The molecule has 0 bridgehead atoms. The Kier molecular flexibility index (Phi) is 7.16. The number of hydrogen-bond acceptors (Lipinski definition) is 4. The molecule has 0 amide bonds. The summed E-state index contributed by atoms with van der Waals surface area (Å²) < 4.78 is 17.7. The average Bonchev–Trinajstić information content (AvgIpc) is 2.92. The third kappa shape index (κ3) is 4.68. The Labute approximate surface area is 150 Å². The molecule has 1 N–H and O–H groups in total. The first-order chi connectivity index (χ1) is 12.1. The zero-order chi connectivity index (χ0) is 18.2. The van der Waals surface area contributed by atoms with Gasteiger partial charge in [-0.1, -0.05) is 0 Å². The molecule has 0 aliphatic heterocycles. The molecule has 5 heteroatoms. The number of aromatic amines is 1. The molecule has 5 nitrogen and oxygen atoms in total. The van der Waals surface area contributed by atoms with Gasteiger partial charge < -0.3 is 19.2 Å². The minimum atomic E-state index is 0.579. The normalized spacial score (nSPS) is 10.8. The molecular weight excluding hydrogens is 316 g/mol. The molecule has 138 valence electrons. The summed E-state index contributed by atoms with van der Waals surface area (Å²) in [5.41, 5.74) is 3.22. The van der Waals surface area contributed by atoms with Crippen molar-refractivity contribution in [1.29, 1.82) is 0 Å². The van der Waals surface area contributed by atoms with Gasteiger partial charge in [-0.05, 0) is 59.6 Å². The van der Waals surface area contributed by atoms with Crippen molar-refractivity contribution >= 4 is 16.6 Å². The maximum Gasteiger partial charge on any atom is 0.174 e. The summed E-state index contributed by atoms with van der Waals surface area (Å²) in [6, 6.07) is 3.99. The lowest BCUT2D eigenvalue weighted by Crippen LogP contribution is -2.00. The van der Waals surface area contributed by atoms with Gasteiger partial charge in [-0.2, -0.15) is 0 Å². The Hall–Kier alpha value is -2.17. The smallest absolute Gasteiger partial charge is 0.174 e. The Balaban J connectivity index is 2.43. The maximum absolute atomic E-state index is 5.99. The zero-order valence-electron chi connectivity index (χ0n) is 16.1. The van der Waals surface area contributed by atoms with Crippen molar-refractivity contribution in [2.45, 2.75) is 47.5 Å². The van der Waals surface area contributed by atoms with E-state index in [9.17, 15) is 0 Å². The van der Waals surface area contributed by atoms with Gasteiger partial charge >= 0.3 is 0 Å². The van der Waals surface area contributed by atoms with Gasteiger partial charge in [0.25, 0.3) is 0 Å². The number of ether oxygens (including phenoxy) is 3. The van der Waals surface area contributed by atoms with E-state index >= 15 is 0 Å². The van der Waals surface area contributed by atoms with Crippen LogP contribution in [0.3, 0.4) is 0 Å². The summed E-state index contributed by atoms with van der Waals surface area (Å²) in [6.07, 6.45) is 1.86. The van der Waals surface area contributed by atoms with Crippen LogP contribution in [0, 0.1) is 0 Å². The van der Waals surface area contributed by atoms with E-state index in [1.165, 1.54) is 0 Å². The van der Waals surface area contributed by atoms with Crippen LogP contribution in [0.2, 0.25) is 0 Å². The summed E-state index contributed by atoms with van der Waals surface area (Å²) in [7, 11) is 0. The number of benzene rings is 1. The van der Waals surface area contributed by atoms with E-state index in [1.54, 1.807) is 0 Å². The number of nitrogens with zero attached hydrogens (tertiary/aromatic N) is 1. The Morgan fingerprint density at radius 2 is 1.64 bits per heavy atom. The van der Waals surface area contributed by atoms with E-state index in [2.05, 4.69) is 9.98 Å². The van der Waals surface area contributed by atoms with Crippen LogP contribution in [-0.4, -0.2) is 37.1 Å². The molecule has 0 spiro atoms. The van der Waals surface area contributed by atoms with Crippen molar-refractivity contribution in [3.05, 3.63) is 17.8 Å². The number of hydrogen-bond donors (Lipinski definition) is 1. The fourth-order valence-corrected chi connectivity index (χ4v) is 2.86. The first kappa shape index (κ1) is 19.2. The molecule has 2 rings (SSSR count). The van der Waals surface area contributed by atoms with Gasteiger partial charge in [0, 0.05) is 12.3 Å². The summed E-state index contributed by atoms with van der Waals surface area (Å²) in [6.45, 7) is 12.6. The van der Waals surface area contributed by atoms with E-state index < -0.39 is 0 Å². The van der Waals surface area contributed by atoms with Crippen molar-refractivity contribution in [1.82, 2.24) is 4.98 Å². The second-order valence-corrected chi connectivity index (χ2v) is 5.98. The predicted octanol–water partition coefficient (Wildman–Crippen LogP) is 4.78. The minimum Gasteiger partial charge on any atom is -0.491 e. The highest BCUT2D eigenvalue weighted by molar-refractivity contribution is 5.95. The fourth-order valence-electron chi connectivity index (χ4n) is 2.86. The summed E-state index contributed by atoms with van der Waals surface area (Å²) >= 11 is 0. The summed E-state index contributed by atoms with van der Waals surface area (Å²) in [5.74, 6) is 2.39. The van der Waals surface area contributed by atoms with Crippen LogP contribution in [-0.2, 0) is 6.42 Å². The van der Waals surface area contributed by atoms with Gasteiger partial charge in [-0.3, -0.25) is 4.99 Å². The summed E-state index contributed by atoms with van der Waals surface area (Å²) in [4.78, 5) is 7.97. The largest absolute Gasteiger partial charge is 0.491 e. The maximum atomic E-state index is 5.99. The second kappa shape index (κ2) is 9.35. The highest BCUT2D eigenvalue weighted by Gasteiger charge is 2.20. The van der Waals surface area contributed by atoms with Crippen LogP contribution >= 0.6 is 0 Å². The van der Waals surface area contributed by atoms with Crippen LogP contribution in [0.25, 0.3) is 10.9 Å². The van der Waals surface area contributed by atoms with Gasteiger partial charge in [-0.15, -0.1) is 0 Å². The van der Waals surface area contributed by atoms with Crippen LogP contribution in [0.15, 0.2) is 17.1 Å². The van der Waals surface area contributed by atoms with E-state index in [-0.39, 0.29) is 0 Å². The second-order valence-electron chi connectivity index (χ2n) is 5.98. The molecule has 0 atom stereocenters. The number of aromatic nitrogens is 1. The Morgan fingerprint density at radius 3 is 2.28 bits per heavy atom. The van der Waals surface area contributed by atoms with Crippen molar-refractivity contribution in [2.75, 3.05) is 26.4 Å². The molecule has 0 aliphatic rings. The quantitative estimate of drug-likeness (QED) is 0.498. The lowest BCUT2D eigenvalue weighted by molar-refractivity contribution is 0.289. The van der Waals surface area contributed by atoms with Gasteiger partial charge in [0.1, 0.15) is 0 Å². The lowest BCUT2D eigenvalue weighted by Gasteiger charge is -2.13. The first-order valence-electron chi connectivity index (χ1n) is 9.15. The van der Waals surface area contributed by atoms with Crippen molar-refractivity contribution < 1.29 is 14.2 Å². The van der Waals surface area contributed by atoms with Crippen molar-refractivity contribution in [2.24, 2.45) is 4.99 Å². The minimum absolute atomic E-state index is 0.579. The predicted molar refractivity (Wildman–Crippen MR) is 104 cm³/mol. The van der Waals surface area contributed by atoms with Gasteiger partial charge in [0.05, 0.1) is 36.4 Å². The molecule has 0 radical (unpaired) electrons. The zero-order valence-corrected chi connectivity index (χ0v) is 16.1. The number of nitrogens with one attached hydrogen (secondary N) is 1. The van der Waals surface area contributed by atoms with E-state index in [1.807, 2.05) is 46.8 Å². The van der Waals surface area contributed by atoms with E-state index in [0.717, 1.165) is 58.9 Å². The molecule has 0 unspecified atom stereocenters. The highest BCUT2D eigenvalue weighted by Crippen LogP contribution is 2.43. The highest BCUT2D eigenvalue weighted by atomic mass is 16.5. The Morgan fingerprint density at radius 1 is 0.960 bits per heavy atom. The SMILES string of the molecule is CCOc1ccc2[nH]c(CCCN=C(C)C)c(OCC)c2c1OCC. The molecule has 0 saturated carbocycles. The van der Waals surface area contributed by atoms with Crippen LogP contribution in [0.1, 0.15) is 46.7 Å². The summed E-state index contributed by atoms with van der Waals surface area (Å²) in [5, 5.41) is 0.972.